The maximum Gasteiger partial charge on any atom is 0.326 e. The highest BCUT2D eigenvalue weighted by Crippen LogP contribution is 2.28. The number of amides is 1. The number of benzene rings is 2. The molecule has 0 aliphatic heterocycles. The van der Waals surface area contributed by atoms with Crippen molar-refractivity contribution in [3.63, 3.8) is 0 Å². The van der Waals surface area contributed by atoms with E-state index in [0.29, 0.717) is 5.75 Å². The minimum Gasteiger partial charge on any atom is -0.508 e. The van der Waals surface area contributed by atoms with Gasteiger partial charge in [0.05, 0.1) is 5.92 Å². The number of nitrogens with one attached hydrogen (secondary N) is 1. The molecule has 6 heteroatoms. The lowest BCUT2D eigenvalue weighted by Crippen LogP contribution is -2.46. The second-order valence-corrected chi connectivity index (χ2v) is 7.07. The Morgan fingerprint density at radius 1 is 1.11 bits per heavy atom. The number of carbonyl (C=O) groups excluding carboxylic acids is 1. The van der Waals surface area contributed by atoms with Crippen LogP contribution >= 0.6 is 12.6 Å². The molecule has 2 rings (SSSR count). The summed E-state index contributed by atoms with van der Waals surface area (Å²) in [5, 5.41) is 21.5. The van der Waals surface area contributed by atoms with Crippen molar-refractivity contribution >= 4 is 24.5 Å². The molecule has 144 valence electrons. The van der Waals surface area contributed by atoms with E-state index in [9.17, 15) is 19.8 Å². The van der Waals surface area contributed by atoms with Crippen molar-refractivity contribution in [2.24, 2.45) is 5.92 Å². The molecule has 0 saturated heterocycles. The van der Waals surface area contributed by atoms with Crippen LogP contribution in [0.25, 0.3) is 0 Å². The summed E-state index contributed by atoms with van der Waals surface area (Å²) in [5.74, 6) is -1.54. The van der Waals surface area contributed by atoms with Gasteiger partial charge in [-0.2, -0.15) is 12.6 Å². The lowest BCUT2D eigenvalue weighted by Gasteiger charge is -2.25. The van der Waals surface area contributed by atoms with Gasteiger partial charge in [0.15, 0.2) is 0 Å². The summed E-state index contributed by atoms with van der Waals surface area (Å²) in [6.07, 6.45) is 0.138. The van der Waals surface area contributed by atoms with Crippen LogP contribution in [0, 0.1) is 12.8 Å². The summed E-state index contributed by atoms with van der Waals surface area (Å²) in [5.41, 5.74) is 2.86. The van der Waals surface area contributed by atoms with Gasteiger partial charge in [-0.1, -0.05) is 43.3 Å². The van der Waals surface area contributed by atoms with E-state index in [0.717, 1.165) is 16.7 Å². The van der Waals surface area contributed by atoms with Crippen LogP contribution < -0.4 is 5.32 Å². The predicted octanol–water partition coefficient (Wildman–Crippen LogP) is 3.16. The normalized spacial score (nSPS) is 14.2. The van der Waals surface area contributed by atoms with Gasteiger partial charge in [-0.15, -0.1) is 0 Å². The lowest BCUT2D eigenvalue weighted by atomic mass is 9.85. The Hall–Kier alpha value is -2.47. The highest BCUT2D eigenvalue weighted by atomic mass is 32.1. The third kappa shape index (κ3) is 5.50. The van der Waals surface area contributed by atoms with Crippen LogP contribution in [0.15, 0.2) is 48.5 Å². The standard InChI is InChI=1S/C21H25NO4S/c1-13-5-3-4-6-17(13)14(2)18(12-27)20(24)22-19(21(25)26)11-15-7-9-16(23)10-8-15/h3-10,14,18-19,23,27H,11-12H2,1-2H3,(H,22,24)(H,25,26)/t14?,18?,19-/m0/s1. The SMILES string of the molecule is Cc1ccccc1C(C)C(CS)C(=O)N[C@@H](Cc1ccc(O)cc1)C(=O)O. The Labute approximate surface area is 164 Å². The van der Waals surface area contributed by atoms with E-state index in [1.807, 2.05) is 38.1 Å². The summed E-state index contributed by atoms with van der Waals surface area (Å²) in [4.78, 5) is 24.4. The number of carbonyl (C=O) groups is 2. The highest BCUT2D eigenvalue weighted by Gasteiger charge is 2.29. The zero-order valence-electron chi connectivity index (χ0n) is 15.4. The molecule has 2 unspecified atom stereocenters. The fraction of sp³-hybridized carbons (Fsp3) is 0.333. The van der Waals surface area contributed by atoms with Crippen molar-refractivity contribution in [3.05, 3.63) is 65.2 Å². The quantitative estimate of drug-likeness (QED) is 0.524. The van der Waals surface area contributed by atoms with Crippen molar-refractivity contribution in [3.8, 4) is 5.75 Å². The van der Waals surface area contributed by atoms with Crippen LogP contribution in [-0.2, 0) is 16.0 Å². The van der Waals surface area contributed by atoms with Crippen LogP contribution in [-0.4, -0.2) is 33.9 Å². The molecule has 0 radical (unpaired) electrons. The minimum absolute atomic E-state index is 0.0909. The number of rotatable bonds is 8. The number of aromatic hydroxyl groups is 1. The Kier molecular flexibility index (Phi) is 7.30. The van der Waals surface area contributed by atoms with Gasteiger partial charge in [-0.25, -0.2) is 4.79 Å². The molecule has 0 bridgehead atoms. The van der Waals surface area contributed by atoms with E-state index in [4.69, 9.17) is 0 Å². The third-order valence-electron chi connectivity index (χ3n) is 4.81. The molecule has 27 heavy (non-hydrogen) atoms. The van der Waals surface area contributed by atoms with Gasteiger partial charge in [0.2, 0.25) is 5.91 Å². The maximum absolute atomic E-state index is 12.8. The van der Waals surface area contributed by atoms with Crippen molar-refractivity contribution < 1.29 is 19.8 Å². The molecule has 0 heterocycles. The van der Waals surface area contributed by atoms with Gasteiger partial charge in [0.1, 0.15) is 11.8 Å². The molecule has 0 fully saturated rings. The molecule has 0 aliphatic carbocycles. The van der Waals surface area contributed by atoms with Gasteiger partial charge in [-0.05, 0) is 41.7 Å². The number of phenols is 1. The Morgan fingerprint density at radius 3 is 2.30 bits per heavy atom. The average Bonchev–Trinajstić information content (AvgIpc) is 2.63. The number of hydrogen-bond donors (Lipinski definition) is 4. The van der Waals surface area contributed by atoms with Crippen molar-refractivity contribution in [1.29, 1.82) is 0 Å². The van der Waals surface area contributed by atoms with E-state index >= 15 is 0 Å². The van der Waals surface area contributed by atoms with Gasteiger partial charge in [-0.3, -0.25) is 4.79 Å². The Morgan fingerprint density at radius 2 is 1.74 bits per heavy atom. The van der Waals surface area contributed by atoms with Crippen LogP contribution in [0.1, 0.15) is 29.5 Å². The summed E-state index contributed by atoms with van der Waals surface area (Å²) in [7, 11) is 0. The zero-order chi connectivity index (χ0) is 20.0. The number of aliphatic carboxylic acids is 1. The molecule has 2 aromatic carbocycles. The first-order chi connectivity index (χ1) is 12.8. The number of hydrogen-bond acceptors (Lipinski definition) is 4. The highest BCUT2D eigenvalue weighted by molar-refractivity contribution is 7.80. The number of phenolic OH excluding ortho intramolecular Hbond substituents is 1. The lowest BCUT2D eigenvalue weighted by molar-refractivity contribution is -0.142. The summed E-state index contributed by atoms with van der Waals surface area (Å²) in [6.45, 7) is 3.95. The maximum atomic E-state index is 12.8. The molecule has 5 nitrogen and oxygen atoms in total. The zero-order valence-corrected chi connectivity index (χ0v) is 16.3. The summed E-state index contributed by atoms with van der Waals surface area (Å²) in [6, 6.07) is 13.1. The molecule has 0 aliphatic rings. The minimum atomic E-state index is -1.10. The second kappa shape index (κ2) is 9.46. The molecule has 0 spiro atoms. The summed E-state index contributed by atoms with van der Waals surface area (Å²) < 4.78 is 0. The number of aryl methyl sites for hydroxylation is 1. The molecular weight excluding hydrogens is 362 g/mol. The van der Waals surface area contributed by atoms with E-state index in [1.165, 1.54) is 12.1 Å². The second-order valence-electron chi connectivity index (χ2n) is 6.70. The van der Waals surface area contributed by atoms with Gasteiger partial charge in [0.25, 0.3) is 0 Å². The topological polar surface area (TPSA) is 86.6 Å². The smallest absolute Gasteiger partial charge is 0.326 e. The van der Waals surface area contributed by atoms with Crippen LogP contribution in [0.2, 0.25) is 0 Å². The number of carboxylic acids is 1. The predicted molar refractivity (Wildman–Crippen MR) is 108 cm³/mol. The monoisotopic (exact) mass is 387 g/mol. The first kappa shape index (κ1) is 20.8. The van der Waals surface area contributed by atoms with E-state index in [1.54, 1.807) is 12.1 Å². The molecule has 3 atom stereocenters. The van der Waals surface area contributed by atoms with Crippen LogP contribution in [0.5, 0.6) is 5.75 Å². The van der Waals surface area contributed by atoms with E-state index < -0.39 is 17.9 Å². The molecule has 3 N–H and O–H groups in total. The number of thiol groups is 1. The van der Waals surface area contributed by atoms with Gasteiger partial charge < -0.3 is 15.5 Å². The first-order valence-electron chi connectivity index (χ1n) is 8.81. The number of carboxylic acid groups (broad SMARTS) is 1. The molecule has 0 saturated carbocycles. The first-order valence-corrected chi connectivity index (χ1v) is 9.44. The van der Waals surface area contributed by atoms with Crippen molar-refractivity contribution in [1.82, 2.24) is 5.32 Å². The molecular formula is C21H25NO4S. The molecule has 1 amide bonds. The van der Waals surface area contributed by atoms with Crippen molar-refractivity contribution in [2.75, 3.05) is 5.75 Å². The fourth-order valence-corrected chi connectivity index (χ4v) is 3.61. The third-order valence-corrected chi connectivity index (χ3v) is 5.20. The molecule has 0 aromatic heterocycles. The Balaban J connectivity index is 2.13. The van der Waals surface area contributed by atoms with Crippen LogP contribution in [0.3, 0.4) is 0 Å². The largest absolute Gasteiger partial charge is 0.508 e. The van der Waals surface area contributed by atoms with Crippen molar-refractivity contribution in [2.45, 2.75) is 32.2 Å². The van der Waals surface area contributed by atoms with Crippen LogP contribution in [0.4, 0.5) is 0 Å². The molecule has 2 aromatic rings. The van der Waals surface area contributed by atoms with E-state index in [-0.39, 0.29) is 24.0 Å². The Bertz CT molecular complexity index is 791. The van der Waals surface area contributed by atoms with E-state index in [2.05, 4.69) is 17.9 Å². The average molecular weight is 388 g/mol. The fourth-order valence-electron chi connectivity index (χ4n) is 3.13. The van der Waals surface area contributed by atoms with Gasteiger partial charge in [0, 0.05) is 12.2 Å². The summed E-state index contributed by atoms with van der Waals surface area (Å²) >= 11 is 4.33. The van der Waals surface area contributed by atoms with Gasteiger partial charge >= 0.3 is 5.97 Å².